The highest BCUT2D eigenvalue weighted by Crippen LogP contribution is 2.23. The molecule has 6 nitrogen and oxygen atoms in total. The molecule has 0 spiro atoms. The third-order valence-corrected chi connectivity index (χ3v) is 3.37. The van der Waals surface area contributed by atoms with E-state index >= 15 is 0 Å². The summed E-state index contributed by atoms with van der Waals surface area (Å²) in [6, 6.07) is 9.57. The number of nitro benzene ring substituents is 1. The van der Waals surface area contributed by atoms with Gasteiger partial charge < -0.3 is 4.74 Å². The maximum atomic E-state index is 12.0. The van der Waals surface area contributed by atoms with Crippen LogP contribution in [0.4, 0.5) is 5.69 Å². The first-order valence-corrected chi connectivity index (χ1v) is 7.39. The van der Waals surface area contributed by atoms with Crippen molar-refractivity contribution in [2.75, 3.05) is 6.61 Å². The molecule has 2 rings (SSSR count). The monoisotopic (exact) mass is 334 g/mol. The molecular weight excluding hydrogens is 320 g/mol. The van der Waals surface area contributed by atoms with Gasteiger partial charge in [-0.25, -0.2) is 4.79 Å². The fourth-order valence-electron chi connectivity index (χ4n) is 2.06. The van der Waals surface area contributed by atoms with Crippen molar-refractivity contribution < 1.29 is 14.5 Å². The zero-order chi connectivity index (χ0) is 16.8. The van der Waals surface area contributed by atoms with Gasteiger partial charge in [0.1, 0.15) is 5.56 Å². The van der Waals surface area contributed by atoms with Crippen LogP contribution in [0.25, 0.3) is 0 Å². The quantitative estimate of drug-likeness (QED) is 0.348. The summed E-state index contributed by atoms with van der Waals surface area (Å²) in [4.78, 5) is 26.6. The van der Waals surface area contributed by atoms with Gasteiger partial charge in [-0.15, -0.1) is 0 Å². The number of aromatic nitrogens is 1. The van der Waals surface area contributed by atoms with Gasteiger partial charge >= 0.3 is 5.97 Å². The van der Waals surface area contributed by atoms with E-state index < -0.39 is 10.9 Å². The van der Waals surface area contributed by atoms with Gasteiger partial charge in [-0.05, 0) is 44.0 Å². The van der Waals surface area contributed by atoms with Crippen molar-refractivity contribution in [1.82, 2.24) is 4.98 Å². The number of carbonyl (C=O) groups excluding carboxylic acids is 1. The SMILES string of the molecule is Cc1cccc(CCCOC(=O)c2ccc(Cl)cc2[N+](=O)[O-])n1. The zero-order valence-corrected chi connectivity index (χ0v) is 13.2. The molecule has 2 aromatic rings. The molecule has 1 aromatic carbocycles. The van der Waals surface area contributed by atoms with Crippen molar-refractivity contribution in [3.05, 3.63) is 68.5 Å². The number of hydrogen-bond donors (Lipinski definition) is 0. The lowest BCUT2D eigenvalue weighted by molar-refractivity contribution is -0.385. The molecule has 0 aliphatic heterocycles. The standard InChI is InChI=1S/C16H15ClN2O4/c1-11-4-2-5-13(18-11)6-3-9-23-16(20)14-8-7-12(17)10-15(14)19(21)22/h2,4-5,7-8,10H,3,6,9H2,1H3. The average molecular weight is 335 g/mol. The molecule has 0 atom stereocenters. The van der Waals surface area contributed by atoms with E-state index in [4.69, 9.17) is 16.3 Å². The normalized spacial score (nSPS) is 10.3. The number of nitro groups is 1. The van der Waals surface area contributed by atoms with Crippen LogP contribution in [0.5, 0.6) is 0 Å². The summed E-state index contributed by atoms with van der Waals surface area (Å²) in [6.07, 6.45) is 1.25. The Balaban J connectivity index is 1.91. The fourth-order valence-corrected chi connectivity index (χ4v) is 2.23. The molecule has 0 aliphatic carbocycles. The van der Waals surface area contributed by atoms with Crippen LogP contribution >= 0.6 is 11.6 Å². The van der Waals surface area contributed by atoms with E-state index in [1.54, 1.807) is 0 Å². The predicted octanol–water partition coefficient (Wildman–Crippen LogP) is 3.74. The number of carbonyl (C=O) groups is 1. The summed E-state index contributed by atoms with van der Waals surface area (Å²) >= 11 is 5.71. The van der Waals surface area contributed by atoms with Crippen LogP contribution in [-0.4, -0.2) is 22.5 Å². The van der Waals surface area contributed by atoms with Gasteiger partial charge in [-0.1, -0.05) is 17.7 Å². The molecule has 0 saturated heterocycles. The van der Waals surface area contributed by atoms with Gasteiger partial charge in [0.2, 0.25) is 0 Å². The molecule has 1 aromatic heterocycles. The molecule has 0 fully saturated rings. The Kier molecular flexibility index (Phi) is 5.65. The molecule has 0 saturated carbocycles. The second-order valence-electron chi connectivity index (χ2n) is 4.93. The van der Waals surface area contributed by atoms with E-state index in [2.05, 4.69) is 4.98 Å². The Morgan fingerprint density at radius 3 is 2.83 bits per heavy atom. The maximum absolute atomic E-state index is 12.0. The Labute approximate surface area is 138 Å². The molecule has 1 heterocycles. The van der Waals surface area contributed by atoms with Gasteiger partial charge in [-0.3, -0.25) is 15.1 Å². The van der Waals surface area contributed by atoms with Gasteiger partial charge in [0.05, 0.1) is 11.5 Å². The highest BCUT2D eigenvalue weighted by atomic mass is 35.5. The summed E-state index contributed by atoms with van der Waals surface area (Å²) in [6.45, 7) is 2.07. The molecular formula is C16H15ClN2O4. The predicted molar refractivity (Wildman–Crippen MR) is 85.7 cm³/mol. The maximum Gasteiger partial charge on any atom is 0.345 e. The molecule has 0 bridgehead atoms. The molecule has 120 valence electrons. The minimum atomic E-state index is -0.731. The Hall–Kier alpha value is -2.47. The smallest absolute Gasteiger partial charge is 0.345 e. The summed E-state index contributed by atoms with van der Waals surface area (Å²) in [5.41, 5.74) is 1.38. The molecule has 0 unspecified atom stereocenters. The van der Waals surface area contributed by atoms with Crippen LogP contribution in [0.3, 0.4) is 0 Å². The molecule has 23 heavy (non-hydrogen) atoms. The lowest BCUT2D eigenvalue weighted by atomic mass is 10.2. The van der Waals surface area contributed by atoms with Crippen molar-refractivity contribution in [2.24, 2.45) is 0 Å². The first kappa shape index (κ1) is 16.9. The average Bonchev–Trinajstić information content (AvgIpc) is 2.51. The number of esters is 1. The van der Waals surface area contributed by atoms with Crippen LogP contribution in [0.15, 0.2) is 36.4 Å². The number of ether oxygens (including phenoxy) is 1. The Bertz CT molecular complexity index is 734. The molecule has 0 N–H and O–H groups in total. The second kappa shape index (κ2) is 7.69. The third kappa shape index (κ3) is 4.75. The van der Waals surface area contributed by atoms with Gasteiger partial charge in [0.15, 0.2) is 0 Å². The first-order valence-electron chi connectivity index (χ1n) is 7.01. The van der Waals surface area contributed by atoms with Gasteiger partial charge in [-0.2, -0.15) is 0 Å². The number of hydrogen-bond acceptors (Lipinski definition) is 5. The van der Waals surface area contributed by atoms with Crippen molar-refractivity contribution in [3.63, 3.8) is 0 Å². The third-order valence-electron chi connectivity index (χ3n) is 3.13. The van der Waals surface area contributed by atoms with Gasteiger partial charge in [0.25, 0.3) is 5.69 Å². The Morgan fingerprint density at radius 2 is 2.13 bits per heavy atom. The summed E-state index contributed by atoms with van der Waals surface area (Å²) in [5.74, 6) is -0.731. The van der Waals surface area contributed by atoms with E-state index in [9.17, 15) is 14.9 Å². The lowest BCUT2D eigenvalue weighted by Gasteiger charge is -2.06. The number of pyridine rings is 1. The number of rotatable bonds is 6. The fraction of sp³-hybridized carbons (Fsp3) is 0.250. The van der Waals surface area contributed by atoms with E-state index in [1.165, 1.54) is 12.1 Å². The van der Waals surface area contributed by atoms with Crippen molar-refractivity contribution in [1.29, 1.82) is 0 Å². The summed E-state index contributed by atoms with van der Waals surface area (Å²) in [5, 5.41) is 11.1. The summed E-state index contributed by atoms with van der Waals surface area (Å²) < 4.78 is 5.10. The number of halogens is 1. The number of nitrogens with zero attached hydrogens (tertiary/aromatic N) is 2. The Morgan fingerprint density at radius 1 is 1.35 bits per heavy atom. The van der Waals surface area contributed by atoms with E-state index in [0.29, 0.717) is 12.8 Å². The second-order valence-corrected chi connectivity index (χ2v) is 5.36. The highest BCUT2D eigenvalue weighted by molar-refractivity contribution is 6.31. The van der Waals surface area contributed by atoms with Crippen LogP contribution < -0.4 is 0 Å². The summed E-state index contributed by atoms with van der Waals surface area (Å²) in [7, 11) is 0. The van der Waals surface area contributed by atoms with Crippen molar-refractivity contribution in [3.8, 4) is 0 Å². The lowest BCUT2D eigenvalue weighted by Crippen LogP contribution is -2.10. The minimum absolute atomic E-state index is 0.104. The molecule has 0 aliphatic rings. The highest BCUT2D eigenvalue weighted by Gasteiger charge is 2.21. The molecule has 0 amide bonds. The number of benzene rings is 1. The number of aryl methyl sites for hydroxylation is 2. The van der Waals surface area contributed by atoms with Crippen molar-refractivity contribution in [2.45, 2.75) is 19.8 Å². The first-order chi connectivity index (χ1) is 11.0. The van der Waals surface area contributed by atoms with Crippen LogP contribution in [0.1, 0.15) is 28.2 Å². The van der Waals surface area contributed by atoms with Crippen molar-refractivity contribution >= 4 is 23.3 Å². The van der Waals surface area contributed by atoms with E-state index in [-0.39, 0.29) is 22.9 Å². The van der Waals surface area contributed by atoms with E-state index in [0.717, 1.165) is 17.5 Å². The van der Waals surface area contributed by atoms with Crippen LogP contribution in [0, 0.1) is 17.0 Å². The van der Waals surface area contributed by atoms with Crippen LogP contribution in [-0.2, 0) is 11.2 Å². The zero-order valence-electron chi connectivity index (χ0n) is 12.5. The molecule has 7 heteroatoms. The largest absolute Gasteiger partial charge is 0.462 e. The van der Waals surface area contributed by atoms with Crippen LogP contribution in [0.2, 0.25) is 5.02 Å². The minimum Gasteiger partial charge on any atom is -0.462 e. The molecule has 0 radical (unpaired) electrons. The topological polar surface area (TPSA) is 82.3 Å². The van der Waals surface area contributed by atoms with E-state index in [1.807, 2.05) is 25.1 Å². The van der Waals surface area contributed by atoms with Gasteiger partial charge in [0, 0.05) is 22.5 Å².